The van der Waals surface area contributed by atoms with E-state index in [1.165, 1.54) is 16.2 Å². The molecule has 1 atom stereocenters. The van der Waals surface area contributed by atoms with Crippen molar-refractivity contribution in [2.24, 2.45) is 0 Å². The van der Waals surface area contributed by atoms with Crippen molar-refractivity contribution in [1.29, 1.82) is 0 Å². The first kappa shape index (κ1) is 18.2. The molecule has 6 nitrogen and oxygen atoms in total. The summed E-state index contributed by atoms with van der Waals surface area (Å²) in [6.07, 6.45) is 0.292. The smallest absolute Gasteiger partial charge is 0.326 e. The van der Waals surface area contributed by atoms with Gasteiger partial charge in [0.25, 0.3) is 5.91 Å². The Morgan fingerprint density at radius 1 is 1.14 bits per heavy atom. The molecule has 7 heteroatoms. The van der Waals surface area contributed by atoms with Crippen LogP contribution in [0.25, 0.3) is 10.6 Å². The third kappa shape index (κ3) is 3.25. The fraction of sp³-hybridized carbons (Fsp3) is 0.190. The maximum absolute atomic E-state index is 13.1. The van der Waals surface area contributed by atoms with Crippen LogP contribution in [0.3, 0.4) is 0 Å². The molecule has 3 aromatic rings. The van der Waals surface area contributed by atoms with Crippen molar-refractivity contribution in [3.63, 3.8) is 0 Å². The van der Waals surface area contributed by atoms with Crippen LogP contribution in [-0.2, 0) is 17.8 Å². The van der Waals surface area contributed by atoms with Crippen LogP contribution in [0.2, 0.25) is 0 Å². The second-order valence-electron chi connectivity index (χ2n) is 6.50. The topological polar surface area (TPSA) is 79.7 Å². The number of amides is 1. The zero-order valence-corrected chi connectivity index (χ0v) is 16.0. The van der Waals surface area contributed by atoms with Crippen molar-refractivity contribution < 1.29 is 19.4 Å². The van der Waals surface area contributed by atoms with Crippen LogP contribution in [-0.4, -0.2) is 40.0 Å². The van der Waals surface area contributed by atoms with Gasteiger partial charge in [0.05, 0.1) is 12.7 Å². The predicted molar refractivity (Wildman–Crippen MR) is 106 cm³/mol. The molecular weight excluding hydrogens is 376 g/mol. The molecule has 0 radical (unpaired) electrons. The Morgan fingerprint density at radius 2 is 1.86 bits per heavy atom. The van der Waals surface area contributed by atoms with Crippen LogP contribution in [0, 0.1) is 0 Å². The van der Waals surface area contributed by atoms with E-state index in [1.807, 2.05) is 48.5 Å². The van der Waals surface area contributed by atoms with Gasteiger partial charge in [0.1, 0.15) is 22.5 Å². The van der Waals surface area contributed by atoms with Gasteiger partial charge in [-0.2, -0.15) is 0 Å². The number of fused-ring (bicyclic) bond motifs is 1. The predicted octanol–water partition coefficient (Wildman–Crippen LogP) is 3.47. The van der Waals surface area contributed by atoms with Gasteiger partial charge < -0.3 is 14.7 Å². The number of nitrogens with zero attached hydrogens (tertiary/aromatic N) is 2. The molecule has 4 rings (SSSR count). The molecule has 0 aliphatic carbocycles. The summed E-state index contributed by atoms with van der Waals surface area (Å²) in [7, 11) is 1.58. The first-order chi connectivity index (χ1) is 13.6. The number of rotatable bonds is 4. The summed E-state index contributed by atoms with van der Waals surface area (Å²) in [4.78, 5) is 30.8. The average Bonchev–Trinajstić information content (AvgIpc) is 3.22. The fourth-order valence-corrected chi connectivity index (χ4v) is 4.24. The summed E-state index contributed by atoms with van der Waals surface area (Å²) >= 11 is 1.33. The zero-order chi connectivity index (χ0) is 19.7. The number of ether oxygens (including phenoxy) is 1. The highest BCUT2D eigenvalue weighted by Gasteiger charge is 2.35. The Balaban J connectivity index is 1.66. The highest BCUT2D eigenvalue weighted by molar-refractivity contribution is 7.13. The lowest BCUT2D eigenvalue weighted by molar-refractivity contribution is -0.142. The Labute approximate surface area is 166 Å². The van der Waals surface area contributed by atoms with Gasteiger partial charge in [0.15, 0.2) is 0 Å². The first-order valence-corrected chi connectivity index (χ1v) is 9.66. The zero-order valence-electron chi connectivity index (χ0n) is 15.2. The SMILES string of the molecule is COc1ccccc1-c1nc(C(=O)N2Cc3ccccc3CC2C(=O)O)cs1. The molecule has 0 spiro atoms. The summed E-state index contributed by atoms with van der Waals surface area (Å²) < 4.78 is 5.37. The van der Waals surface area contributed by atoms with Gasteiger partial charge in [0.2, 0.25) is 0 Å². The number of aromatic nitrogens is 1. The van der Waals surface area contributed by atoms with E-state index >= 15 is 0 Å². The van der Waals surface area contributed by atoms with E-state index in [0.717, 1.165) is 16.7 Å². The molecule has 142 valence electrons. The van der Waals surface area contributed by atoms with Crippen LogP contribution in [0.4, 0.5) is 0 Å². The highest BCUT2D eigenvalue weighted by Crippen LogP contribution is 2.33. The van der Waals surface area contributed by atoms with E-state index in [4.69, 9.17) is 4.74 Å². The van der Waals surface area contributed by atoms with Gasteiger partial charge in [-0.3, -0.25) is 4.79 Å². The molecule has 1 aliphatic rings. The van der Waals surface area contributed by atoms with Gasteiger partial charge in [0, 0.05) is 18.3 Å². The maximum Gasteiger partial charge on any atom is 0.326 e. The van der Waals surface area contributed by atoms with Gasteiger partial charge >= 0.3 is 5.97 Å². The number of hydrogen-bond donors (Lipinski definition) is 1. The molecule has 1 aromatic heterocycles. The lowest BCUT2D eigenvalue weighted by atomic mass is 9.94. The third-order valence-electron chi connectivity index (χ3n) is 4.86. The molecule has 1 aliphatic heterocycles. The number of hydrogen-bond acceptors (Lipinski definition) is 5. The molecule has 0 saturated heterocycles. The normalized spacial score (nSPS) is 15.8. The molecule has 1 unspecified atom stereocenters. The number of carbonyl (C=O) groups excluding carboxylic acids is 1. The monoisotopic (exact) mass is 394 g/mol. The van der Waals surface area contributed by atoms with E-state index in [2.05, 4.69) is 4.98 Å². The molecule has 2 aromatic carbocycles. The van der Waals surface area contributed by atoms with E-state index in [9.17, 15) is 14.7 Å². The molecule has 1 amide bonds. The minimum Gasteiger partial charge on any atom is -0.496 e. The van der Waals surface area contributed by atoms with Crippen LogP contribution in [0.5, 0.6) is 5.75 Å². The van der Waals surface area contributed by atoms with Gasteiger partial charge in [-0.15, -0.1) is 11.3 Å². The number of aliphatic carboxylic acids is 1. The van der Waals surface area contributed by atoms with Crippen molar-refractivity contribution in [2.45, 2.75) is 19.0 Å². The van der Waals surface area contributed by atoms with Crippen LogP contribution in [0.1, 0.15) is 21.6 Å². The third-order valence-corrected chi connectivity index (χ3v) is 5.73. The number of carboxylic acids is 1. The van der Waals surface area contributed by atoms with Crippen molar-refractivity contribution in [3.8, 4) is 16.3 Å². The van der Waals surface area contributed by atoms with E-state index in [1.54, 1.807) is 12.5 Å². The van der Waals surface area contributed by atoms with Crippen LogP contribution < -0.4 is 4.74 Å². The number of para-hydroxylation sites is 1. The maximum atomic E-state index is 13.1. The minimum atomic E-state index is -1.01. The van der Waals surface area contributed by atoms with Crippen molar-refractivity contribution >= 4 is 23.2 Å². The Hall–Kier alpha value is -3.19. The summed E-state index contributed by atoms with van der Waals surface area (Å²) in [5, 5.41) is 12.0. The molecule has 1 N–H and O–H groups in total. The van der Waals surface area contributed by atoms with Gasteiger partial charge in [-0.05, 0) is 23.3 Å². The van der Waals surface area contributed by atoms with E-state index < -0.39 is 12.0 Å². The summed E-state index contributed by atoms with van der Waals surface area (Å²) in [5.74, 6) is -0.714. The van der Waals surface area contributed by atoms with Crippen molar-refractivity contribution in [2.75, 3.05) is 7.11 Å². The Morgan fingerprint density at radius 3 is 2.61 bits per heavy atom. The van der Waals surface area contributed by atoms with Crippen molar-refractivity contribution in [1.82, 2.24) is 9.88 Å². The van der Waals surface area contributed by atoms with E-state index in [-0.39, 0.29) is 18.1 Å². The summed E-state index contributed by atoms with van der Waals surface area (Å²) in [5.41, 5.74) is 2.98. The van der Waals surface area contributed by atoms with Crippen LogP contribution in [0.15, 0.2) is 53.9 Å². The quantitative estimate of drug-likeness (QED) is 0.733. The Bertz CT molecular complexity index is 1050. The number of benzene rings is 2. The van der Waals surface area contributed by atoms with Crippen LogP contribution >= 0.6 is 11.3 Å². The lowest BCUT2D eigenvalue weighted by Crippen LogP contribution is -2.48. The fourth-order valence-electron chi connectivity index (χ4n) is 3.42. The highest BCUT2D eigenvalue weighted by atomic mass is 32.1. The Kier molecular flexibility index (Phi) is 4.83. The number of carbonyl (C=O) groups is 2. The largest absolute Gasteiger partial charge is 0.496 e. The lowest BCUT2D eigenvalue weighted by Gasteiger charge is -2.34. The average molecular weight is 394 g/mol. The summed E-state index contributed by atoms with van der Waals surface area (Å²) in [6.45, 7) is 0.257. The minimum absolute atomic E-state index is 0.247. The molecule has 28 heavy (non-hydrogen) atoms. The first-order valence-electron chi connectivity index (χ1n) is 8.78. The second-order valence-corrected chi connectivity index (χ2v) is 7.36. The summed E-state index contributed by atoms with van der Waals surface area (Å²) in [6, 6.07) is 14.2. The van der Waals surface area contributed by atoms with Gasteiger partial charge in [-0.25, -0.2) is 9.78 Å². The number of methoxy groups -OCH3 is 1. The van der Waals surface area contributed by atoms with Gasteiger partial charge in [-0.1, -0.05) is 36.4 Å². The molecule has 0 bridgehead atoms. The standard InChI is InChI=1S/C21H18N2O4S/c1-27-18-9-5-4-8-15(18)19-22-16(12-28-19)20(24)23-11-14-7-3-2-6-13(14)10-17(23)21(25)26/h2-9,12,17H,10-11H2,1H3,(H,25,26). The number of thiazole rings is 1. The second kappa shape index (κ2) is 7.44. The number of carboxylic acid groups (broad SMARTS) is 1. The molecule has 0 saturated carbocycles. The molecule has 0 fully saturated rings. The van der Waals surface area contributed by atoms with Crippen molar-refractivity contribution in [3.05, 3.63) is 70.7 Å². The molecule has 2 heterocycles. The molecular formula is C21H18N2O4S. The van der Waals surface area contributed by atoms with E-state index in [0.29, 0.717) is 17.2 Å².